The molecule has 5 heteroatoms. The van der Waals surface area contributed by atoms with Gasteiger partial charge in [0, 0.05) is 25.2 Å². The molecule has 2 amide bonds. The first-order valence-corrected chi connectivity index (χ1v) is 8.38. The van der Waals surface area contributed by atoms with Crippen LogP contribution in [0.3, 0.4) is 0 Å². The second-order valence-corrected chi connectivity index (χ2v) is 5.98. The first kappa shape index (κ1) is 17.0. The third-order valence-corrected chi connectivity index (χ3v) is 4.22. The standard InChI is InChI=1S/C20H23N3O2/c1-15(16-8-4-3-5-9-16)21-20(24)22-18-14-23(12-13-25-2)19-11-7-6-10-17(18)19/h3-11,14-15H,12-13H2,1-2H3,(H2,21,22,24)/t15-/m0/s1. The van der Waals surface area contributed by atoms with Crippen LogP contribution in [0.15, 0.2) is 60.8 Å². The van der Waals surface area contributed by atoms with Crippen LogP contribution in [0.5, 0.6) is 0 Å². The van der Waals surface area contributed by atoms with Gasteiger partial charge >= 0.3 is 6.03 Å². The molecule has 25 heavy (non-hydrogen) atoms. The number of anilines is 1. The highest BCUT2D eigenvalue weighted by Gasteiger charge is 2.13. The molecule has 1 atom stereocenters. The van der Waals surface area contributed by atoms with Gasteiger partial charge in [-0.25, -0.2) is 4.79 Å². The maximum absolute atomic E-state index is 12.4. The molecule has 1 aromatic heterocycles. The highest BCUT2D eigenvalue weighted by molar-refractivity contribution is 6.01. The van der Waals surface area contributed by atoms with E-state index < -0.39 is 0 Å². The predicted molar refractivity (Wildman–Crippen MR) is 101 cm³/mol. The van der Waals surface area contributed by atoms with Gasteiger partial charge in [0.25, 0.3) is 0 Å². The summed E-state index contributed by atoms with van der Waals surface area (Å²) in [6, 6.07) is 17.6. The number of hydrogen-bond acceptors (Lipinski definition) is 2. The summed E-state index contributed by atoms with van der Waals surface area (Å²) >= 11 is 0. The Morgan fingerprint density at radius 3 is 2.60 bits per heavy atom. The van der Waals surface area contributed by atoms with Gasteiger partial charge < -0.3 is 19.9 Å². The molecule has 5 nitrogen and oxygen atoms in total. The summed E-state index contributed by atoms with van der Waals surface area (Å²) in [4.78, 5) is 12.4. The summed E-state index contributed by atoms with van der Waals surface area (Å²) in [7, 11) is 1.68. The summed E-state index contributed by atoms with van der Waals surface area (Å²) < 4.78 is 7.26. The quantitative estimate of drug-likeness (QED) is 0.709. The summed E-state index contributed by atoms with van der Waals surface area (Å²) in [5.41, 5.74) is 2.94. The van der Waals surface area contributed by atoms with Gasteiger partial charge in [0.15, 0.2) is 0 Å². The van der Waals surface area contributed by atoms with Crippen molar-refractivity contribution in [2.75, 3.05) is 19.0 Å². The number of benzene rings is 2. The van der Waals surface area contributed by atoms with E-state index in [2.05, 4.69) is 15.2 Å². The smallest absolute Gasteiger partial charge is 0.319 e. The molecule has 130 valence electrons. The van der Waals surface area contributed by atoms with Crippen molar-refractivity contribution < 1.29 is 9.53 Å². The van der Waals surface area contributed by atoms with E-state index in [1.54, 1.807) is 7.11 Å². The summed E-state index contributed by atoms with van der Waals surface area (Å²) in [5.74, 6) is 0. The largest absolute Gasteiger partial charge is 0.383 e. The van der Waals surface area contributed by atoms with Gasteiger partial charge in [0.2, 0.25) is 0 Å². The number of para-hydroxylation sites is 1. The van der Waals surface area contributed by atoms with E-state index in [1.807, 2.05) is 67.7 Å². The molecule has 0 aliphatic rings. The molecule has 0 spiro atoms. The van der Waals surface area contributed by atoms with Crippen molar-refractivity contribution in [2.24, 2.45) is 0 Å². The number of rotatable bonds is 6. The highest BCUT2D eigenvalue weighted by atomic mass is 16.5. The number of amides is 2. The fourth-order valence-electron chi connectivity index (χ4n) is 2.90. The van der Waals surface area contributed by atoms with Crippen LogP contribution in [-0.4, -0.2) is 24.3 Å². The molecule has 0 bridgehead atoms. The number of hydrogen-bond donors (Lipinski definition) is 2. The lowest BCUT2D eigenvalue weighted by molar-refractivity contribution is 0.188. The molecule has 0 aliphatic carbocycles. The minimum absolute atomic E-state index is 0.0666. The van der Waals surface area contributed by atoms with E-state index in [0.29, 0.717) is 6.61 Å². The molecule has 1 heterocycles. The van der Waals surface area contributed by atoms with Gasteiger partial charge in [-0.2, -0.15) is 0 Å². The van der Waals surface area contributed by atoms with Crippen LogP contribution in [0.25, 0.3) is 10.9 Å². The SMILES string of the molecule is COCCn1cc(NC(=O)N[C@@H](C)c2ccccc2)c2ccccc21. The number of nitrogens with one attached hydrogen (secondary N) is 2. The molecule has 0 saturated heterocycles. The van der Waals surface area contributed by atoms with Gasteiger partial charge in [-0.3, -0.25) is 0 Å². The van der Waals surface area contributed by atoms with Crippen LogP contribution in [0.1, 0.15) is 18.5 Å². The number of aromatic nitrogens is 1. The lowest BCUT2D eigenvalue weighted by atomic mass is 10.1. The van der Waals surface area contributed by atoms with Gasteiger partial charge in [-0.15, -0.1) is 0 Å². The number of urea groups is 1. The molecule has 0 unspecified atom stereocenters. The topological polar surface area (TPSA) is 55.3 Å². The van der Waals surface area contributed by atoms with Crippen molar-refractivity contribution in [1.82, 2.24) is 9.88 Å². The van der Waals surface area contributed by atoms with E-state index in [1.165, 1.54) is 0 Å². The highest BCUT2D eigenvalue weighted by Crippen LogP contribution is 2.26. The van der Waals surface area contributed by atoms with Crippen LogP contribution >= 0.6 is 0 Å². The van der Waals surface area contributed by atoms with E-state index in [0.717, 1.165) is 28.7 Å². The summed E-state index contributed by atoms with van der Waals surface area (Å²) in [5, 5.41) is 6.96. The van der Waals surface area contributed by atoms with E-state index in [-0.39, 0.29) is 12.1 Å². The number of nitrogens with zero attached hydrogens (tertiary/aromatic N) is 1. The van der Waals surface area contributed by atoms with Gasteiger partial charge in [-0.1, -0.05) is 48.5 Å². The predicted octanol–water partition coefficient (Wildman–Crippen LogP) is 4.17. The molecule has 0 radical (unpaired) electrons. The molecule has 3 rings (SSSR count). The molecule has 2 aromatic carbocycles. The lowest BCUT2D eigenvalue weighted by Crippen LogP contribution is -2.31. The van der Waals surface area contributed by atoms with Crippen LogP contribution < -0.4 is 10.6 Å². The third-order valence-electron chi connectivity index (χ3n) is 4.22. The third kappa shape index (κ3) is 4.00. The average Bonchev–Trinajstić information content (AvgIpc) is 2.98. The van der Waals surface area contributed by atoms with E-state index in [9.17, 15) is 4.79 Å². The van der Waals surface area contributed by atoms with Gasteiger partial charge in [0.1, 0.15) is 0 Å². The van der Waals surface area contributed by atoms with Gasteiger partial charge in [-0.05, 0) is 18.6 Å². The minimum Gasteiger partial charge on any atom is -0.383 e. The van der Waals surface area contributed by atoms with Crippen LogP contribution in [0.2, 0.25) is 0 Å². The molecule has 0 aliphatic heterocycles. The Kier molecular flexibility index (Phi) is 5.36. The second kappa shape index (κ2) is 7.85. The number of fused-ring (bicyclic) bond motifs is 1. The Hall–Kier alpha value is -2.79. The molecular formula is C20H23N3O2. The minimum atomic E-state index is -0.217. The Labute approximate surface area is 147 Å². The van der Waals surface area contributed by atoms with Crippen LogP contribution in [0.4, 0.5) is 10.5 Å². The monoisotopic (exact) mass is 337 g/mol. The van der Waals surface area contributed by atoms with Crippen molar-refractivity contribution in [3.05, 3.63) is 66.4 Å². The van der Waals surface area contributed by atoms with Crippen molar-refractivity contribution in [3.8, 4) is 0 Å². The van der Waals surface area contributed by atoms with E-state index >= 15 is 0 Å². The van der Waals surface area contributed by atoms with E-state index in [4.69, 9.17) is 4.74 Å². The maximum atomic E-state index is 12.4. The fourth-order valence-corrected chi connectivity index (χ4v) is 2.90. The molecular weight excluding hydrogens is 314 g/mol. The number of carbonyl (C=O) groups excluding carboxylic acids is 1. The Morgan fingerprint density at radius 1 is 1.12 bits per heavy atom. The molecule has 3 aromatic rings. The zero-order valence-corrected chi connectivity index (χ0v) is 14.5. The Bertz CT molecular complexity index is 843. The van der Waals surface area contributed by atoms with Crippen molar-refractivity contribution >= 4 is 22.6 Å². The average molecular weight is 337 g/mol. The van der Waals surface area contributed by atoms with Crippen molar-refractivity contribution in [3.63, 3.8) is 0 Å². The molecule has 0 fully saturated rings. The molecule has 2 N–H and O–H groups in total. The van der Waals surface area contributed by atoms with Crippen LogP contribution in [-0.2, 0) is 11.3 Å². The second-order valence-electron chi connectivity index (χ2n) is 5.98. The number of carbonyl (C=O) groups is 1. The molecule has 0 saturated carbocycles. The Balaban J connectivity index is 1.75. The van der Waals surface area contributed by atoms with Crippen molar-refractivity contribution in [2.45, 2.75) is 19.5 Å². The number of ether oxygens (including phenoxy) is 1. The number of methoxy groups -OCH3 is 1. The van der Waals surface area contributed by atoms with Crippen LogP contribution in [0, 0.1) is 0 Å². The lowest BCUT2D eigenvalue weighted by Gasteiger charge is -2.14. The zero-order chi connectivity index (χ0) is 17.6. The summed E-state index contributed by atoms with van der Waals surface area (Å²) in [6.45, 7) is 3.33. The Morgan fingerprint density at radius 2 is 1.84 bits per heavy atom. The zero-order valence-electron chi connectivity index (χ0n) is 14.5. The first-order valence-electron chi connectivity index (χ1n) is 8.38. The summed E-state index contributed by atoms with van der Waals surface area (Å²) in [6.07, 6.45) is 1.95. The van der Waals surface area contributed by atoms with Gasteiger partial charge in [0.05, 0.1) is 23.9 Å². The van der Waals surface area contributed by atoms with Crippen molar-refractivity contribution in [1.29, 1.82) is 0 Å². The first-order chi connectivity index (χ1) is 12.2. The fraction of sp³-hybridized carbons (Fsp3) is 0.250. The maximum Gasteiger partial charge on any atom is 0.319 e. The normalized spacial score (nSPS) is 12.1.